The standard InChI is InChI=1S/C22H34O8/c1-25-16-4-10(5-17(26-2)21(16)27-3)18-11-6-14-15(30-9-29-14)7-12(11)20(23)13-8-28-22(24)19(13)18/h10-21,23H,4-9H2,1-3H3/t10?,11?,12?,13?,14?,15?,16?,17?,18-,19+,20+,21?/m1/s1. The molecule has 2 saturated heterocycles. The van der Waals surface area contributed by atoms with Gasteiger partial charge in [0, 0.05) is 27.2 Å². The highest BCUT2D eigenvalue weighted by molar-refractivity contribution is 5.75. The number of aliphatic hydroxyl groups is 1. The number of hydrogen-bond acceptors (Lipinski definition) is 8. The van der Waals surface area contributed by atoms with Gasteiger partial charge in [-0.05, 0) is 49.4 Å². The summed E-state index contributed by atoms with van der Waals surface area (Å²) in [5.74, 6) is 0.0266. The zero-order valence-corrected chi connectivity index (χ0v) is 18.0. The van der Waals surface area contributed by atoms with E-state index in [-0.39, 0.29) is 72.0 Å². The van der Waals surface area contributed by atoms with E-state index in [9.17, 15) is 9.90 Å². The molecule has 5 fully saturated rings. The van der Waals surface area contributed by atoms with Crippen molar-refractivity contribution in [2.75, 3.05) is 34.7 Å². The van der Waals surface area contributed by atoms with E-state index in [0.717, 1.165) is 25.7 Å². The number of fused-ring (bicyclic) bond motifs is 3. The van der Waals surface area contributed by atoms with Crippen molar-refractivity contribution in [3.63, 3.8) is 0 Å². The Hall–Kier alpha value is -0.770. The second kappa shape index (κ2) is 8.30. The number of aliphatic hydroxyl groups excluding tert-OH is 1. The Morgan fingerprint density at radius 3 is 2.10 bits per heavy atom. The molecule has 2 heterocycles. The van der Waals surface area contributed by atoms with Crippen molar-refractivity contribution in [3.05, 3.63) is 0 Å². The van der Waals surface area contributed by atoms with Crippen LogP contribution in [0.3, 0.4) is 0 Å². The fourth-order valence-electron chi connectivity index (χ4n) is 7.40. The number of carbonyl (C=O) groups excluding carboxylic acids is 1. The van der Waals surface area contributed by atoms with E-state index in [4.69, 9.17) is 28.4 Å². The van der Waals surface area contributed by atoms with Crippen molar-refractivity contribution in [2.45, 2.75) is 62.3 Å². The Bertz CT molecular complexity index is 629. The highest BCUT2D eigenvalue weighted by atomic mass is 16.7. The van der Waals surface area contributed by atoms with Crippen molar-refractivity contribution >= 4 is 5.97 Å². The van der Waals surface area contributed by atoms with Gasteiger partial charge in [0.05, 0.1) is 43.0 Å². The molecule has 5 rings (SSSR count). The molecule has 1 N–H and O–H groups in total. The van der Waals surface area contributed by atoms with Crippen LogP contribution in [-0.4, -0.2) is 82.4 Å². The van der Waals surface area contributed by atoms with E-state index in [1.807, 2.05) is 0 Å². The minimum absolute atomic E-state index is 0.0406. The lowest BCUT2D eigenvalue weighted by molar-refractivity contribution is -0.176. The van der Waals surface area contributed by atoms with Gasteiger partial charge in [0.1, 0.15) is 12.9 Å². The lowest BCUT2D eigenvalue weighted by Crippen LogP contribution is -2.58. The molecule has 8 heteroatoms. The number of methoxy groups -OCH3 is 3. The third-order valence-electron chi connectivity index (χ3n) is 8.70. The van der Waals surface area contributed by atoms with E-state index in [1.165, 1.54) is 0 Å². The highest BCUT2D eigenvalue weighted by Gasteiger charge is 2.61. The Morgan fingerprint density at radius 2 is 1.50 bits per heavy atom. The molecule has 3 saturated carbocycles. The molecule has 30 heavy (non-hydrogen) atoms. The van der Waals surface area contributed by atoms with Crippen molar-refractivity contribution < 1.29 is 38.3 Å². The van der Waals surface area contributed by atoms with Crippen molar-refractivity contribution in [1.82, 2.24) is 0 Å². The van der Waals surface area contributed by atoms with Gasteiger partial charge in [-0.1, -0.05) is 0 Å². The summed E-state index contributed by atoms with van der Waals surface area (Å²) >= 11 is 0. The molecule has 10 atom stereocenters. The van der Waals surface area contributed by atoms with Gasteiger partial charge >= 0.3 is 5.97 Å². The van der Waals surface area contributed by atoms with E-state index >= 15 is 0 Å². The van der Waals surface area contributed by atoms with E-state index in [2.05, 4.69) is 0 Å². The average Bonchev–Trinajstić information content (AvgIpc) is 3.38. The van der Waals surface area contributed by atoms with Gasteiger partial charge in [0.2, 0.25) is 0 Å². The first kappa shape index (κ1) is 21.1. The van der Waals surface area contributed by atoms with Crippen LogP contribution in [0.15, 0.2) is 0 Å². The van der Waals surface area contributed by atoms with Gasteiger partial charge in [-0.25, -0.2) is 0 Å². The first-order valence-corrected chi connectivity index (χ1v) is 11.2. The average molecular weight is 427 g/mol. The molecule has 0 amide bonds. The molecule has 0 radical (unpaired) electrons. The summed E-state index contributed by atoms with van der Waals surface area (Å²) in [5.41, 5.74) is 0. The second-order valence-corrected chi connectivity index (χ2v) is 9.69. The smallest absolute Gasteiger partial charge is 0.309 e. The maximum Gasteiger partial charge on any atom is 0.309 e. The molecule has 0 spiro atoms. The van der Waals surface area contributed by atoms with Gasteiger partial charge in [0.25, 0.3) is 0 Å². The summed E-state index contributed by atoms with van der Waals surface area (Å²) in [6.45, 7) is 0.631. The monoisotopic (exact) mass is 426 g/mol. The van der Waals surface area contributed by atoms with Crippen LogP contribution < -0.4 is 0 Å². The summed E-state index contributed by atoms with van der Waals surface area (Å²) in [4.78, 5) is 12.9. The summed E-state index contributed by atoms with van der Waals surface area (Å²) < 4.78 is 34.4. The maximum atomic E-state index is 12.9. The van der Waals surface area contributed by atoms with Gasteiger partial charge in [0.15, 0.2) is 0 Å². The van der Waals surface area contributed by atoms with Gasteiger partial charge in [-0.15, -0.1) is 0 Å². The molecule has 7 unspecified atom stereocenters. The van der Waals surface area contributed by atoms with Gasteiger partial charge in [-0.2, -0.15) is 0 Å². The summed E-state index contributed by atoms with van der Waals surface area (Å²) in [7, 11) is 5.11. The zero-order valence-electron chi connectivity index (χ0n) is 18.0. The molecule has 0 aromatic rings. The maximum absolute atomic E-state index is 12.9. The number of cyclic esters (lactones) is 1. The largest absolute Gasteiger partial charge is 0.465 e. The van der Waals surface area contributed by atoms with Gasteiger partial charge < -0.3 is 33.5 Å². The van der Waals surface area contributed by atoms with Crippen LogP contribution in [0, 0.1) is 35.5 Å². The first-order valence-electron chi connectivity index (χ1n) is 11.2. The normalized spacial score (nSPS) is 53.0. The number of hydrogen-bond donors (Lipinski definition) is 1. The van der Waals surface area contributed by atoms with Crippen LogP contribution in [0.1, 0.15) is 25.7 Å². The molecule has 170 valence electrons. The molecule has 8 nitrogen and oxygen atoms in total. The first-order chi connectivity index (χ1) is 14.6. The predicted octanol–water partition coefficient (Wildman–Crippen LogP) is 0.989. The summed E-state index contributed by atoms with van der Waals surface area (Å²) in [6.07, 6.45) is 2.42. The van der Waals surface area contributed by atoms with E-state index in [1.54, 1.807) is 21.3 Å². The molecule has 0 aromatic heterocycles. The van der Waals surface area contributed by atoms with Crippen LogP contribution in [0.5, 0.6) is 0 Å². The predicted molar refractivity (Wildman–Crippen MR) is 103 cm³/mol. The van der Waals surface area contributed by atoms with E-state index in [0.29, 0.717) is 13.4 Å². The SMILES string of the molecule is COC1CC([C@@H]2C3CC4OCOC4CC3[C@H](O)C3COC(=O)[C@@H]32)CC(OC)C1OC. The Labute approximate surface area is 177 Å². The number of ether oxygens (including phenoxy) is 6. The lowest BCUT2D eigenvalue weighted by Gasteiger charge is -2.54. The topological polar surface area (TPSA) is 92.7 Å². The van der Waals surface area contributed by atoms with Crippen LogP contribution in [0.4, 0.5) is 0 Å². The highest BCUT2D eigenvalue weighted by Crippen LogP contribution is 2.57. The van der Waals surface area contributed by atoms with Crippen LogP contribution in [0.25, 0.3) is 0 Å². The molecule has 0 bridgehead atoms. The minimum atomic E-state index is -0.542. The Kier molecular flexibility index (Phi) is 5.83. The van der Waals surface area contributed by atoms with Gasteiger partial charge in [-0.3, -0.25) is 4.79 Å². The molecule has 0 aromatic carbocycles. The number of esters is 1. The fraction of sp³-hybridized carbons (Fsp3) is 0.955. The Morgan fingerprint density at radius 1 is 0.867 bits per heavy atom. The molecule has 3 aliphatic carbocycles. The quantitative estimate of drug-likeness (QED) is 0.666. The fourth-order valence-corrected chi connectivity index (χ4v) is 7.40. The van der Waals surface area contributed by atoms with Crippen molar-refractivity contribution in [1.29, 1.82) is 0 Å². The van der Waals surface area contributed by atoms with Crippen molar-refractivity contribution in [3.8, 4) is 0 Å². The Balaban J connectivity index is 1.48. The summed E-state index contributed by atoms with van der Waals surface area (Å²) in [6, 6.07) is 0. The third kappa shape index (κ3) is 3.22. The molecule has 2 aliphatic heterocycles. The van der Waals surface area contributed by atoms with Crippen LogP contribution in [-0.2, 0) is 33.2 Å². The number of carbonyl (C=O) groups is 1. The van der Waals surface area contributed by atoms with Crippen LogP contribution >= 0.6 is 0 Å². The van der Waals surface area contributed by atoms with E-state index < -0.39 is 6.10 Å². The zero-order chi connectivity index (χ0) is 21.0. The second-order valence-electron chi connectivity index (χ2n) is 9.69. The minimum Gasteiger partial charge on any atom is -0.465 e. The third-order valence-corrected chi connectivity index (χ3v) is 8.70. The molecular formula is C22H34O8. The molecule has 5 aliphatic rings. The summed E-state index contributed by atoms with van der Waals surface area (Å²) in [5, 5.41) is 11.2. The van der Waals surface area contributed by atoms with Crippen molar-refractivity contribution in [2.24, 2.45) is 35.5 Å². The van der Waals surface area contributed by atoms with Crippen LogP contribution in [0.2, 0.25) is 0 Å². The molecular weight excluding hydrogens is 392 g/mol. The lowest BCUT2D eigenvalue weighted by atomic mass is 9.52. The number of rotatable bonds is 4.